The van der Waals surface area contributed by atoms with Gasteiger partial charge in [0.1, 0.15) is 0 Å². The first-order chi connectivity index (χ1) is 6.09. The molecule has 72 valence electrons. The van der Waals surface area contributed by atoms with E-state index in [1.165, 1.54) is 5.56 Å². The van der Waals surface area contributed by atoms with Gasteiger partial charge in [0.15, 0.2) is 0 Å². The maximum Gasteiger partial charge on any atom is 0.0410 e. The summed E-state index contributed by atoms with van der Waals surface area (Å²) in [5.41, 5.74) is 1.20. The Balaban J connectivity index is 2.70. The van der Waals surface area contributed by atoms with Crippen LogP contribution in [0.3, 0.4) is 0 Å². The molecular weight excluding hydrogens is 249 g/mol. The van der Waals surface area contributed by atoms with Crippen LogP contribution >= 0.6 is 27.5 Å². The lowest BCUT2D eigenvalue weighted by Crippen LogP contribution is -2.21. The first kappa shape index (κ1) is 11.0. The minimum absolute atomic E-state index is 0.492. The average molecular weight is 263 g/mol. The van der Waals surface area contributed by atoms with E-state index in [0.29, 0.717) is 6.04 Å². The molecule has 0 heterocycles. The van der Waals surface area contributed by atoms with Gasteiger partial charge in [-0.2, -0.15) is 0 Å². The molecule has 0 saturated heterocycles. The Hall–Kier alpha value is -0.0500. The maximum atomic E-state index is 5.88. The smallest absolute Gasteiger partial charge is 0.0410 e. The molecule has 0 radical (unpaired) electrons. The highest BCUT2D eigenvalue weighted by Gasteiger charge is 2.01. The van der Waals surface area contributed by atoms with Crippen molar-refractivity contribution < 1.29 is 0 Å². The maximum absolute atomic E-state index is 5.88. The summed E-state index contributed by atoms with van der Waals surface area (Å²) >= 11 is 9.37. The summed E-state index contributed by atoms with van der Waals surface area (Å²) < 4.78 is 1.10. The minimum Gasteiger partial charge on any atom is -0.310 e. The standard InChI is InChI=1S/C10H13BrClN/c1-7(2)13-6-8-5-9(12)3-4-10(8)11/h3-5,7,13H,6H2,1-2H3. The van der Waals surface area contributed by atoms with E-state index < -0.39 is 0 Å². The molecule has 0 saturated carbocycles. The van der Waals surface area contributed by atoms with Gasteiger partial charge in [0, 0.05) is 22.1 Å². The molecule has 0 fully saturated rings. The van der Waals surface area contributed by atoms with Crippen molar-refractivity contribution in [2.75, 3.05) is 0 Å². The Morgan fingerprint density at radius 3 is 2.77 bits per heavy atom. The third-order valence-electron chi connectivity index (χ3n) is 1.71. The van der Waals surface area contributed by atoms with E-state index in [1.807, 2.05) is 18.2 Å². The molecule has 0 aliphatic heterocycles. The molecule has 0 aliphatic carbocycles. The monoisotopic (exact) mass is 261 g/mol. The number of benzene rings is 1. The van der Waals surface area contributed by atoms with E-state index in [9.17, 15) is 0 Å². The number of halogens is 2. The zero-order valence-electron chi connectivity index (χ0n) is 7.77. The molecule has 1 aromatic rings. The number of hydrogen-bond donors (Lipinski definition) is 1. The molecule has 0 unspecified atom stereocenters. The molecule has 1 rings (SSSR count). The zero-order chi connectivity index (χ0) is 9.84. The summed E-state index contributed by atoms with van der Waals surface area (Å²) in [6.45, 7) is 5.09. The number of nitrogens with one attached hydrogen (secondary N) is 1. The topological polar surface area (TPSA) is 12.0 Å². The van der Waals surface area contributed by atoms with Crippen molar-refractivity contribution in [2.45, 2.75) is 26.4 Å². The third kappa shape index (κ3) is 3.67. The van der Waals surface area contributed by atoms with E-state index in [1.54, 1.807) is 0 Å². The SMILES string of the molecule is CC(C)NCc1cc(Cl)ccc1Br. The minimum atomic E-state index is 0.492. The van der Waals surface area contributed by atoms with E-state index in [2.05, 4.69) is 35.1 Å². The molecule has 0 aliphatic rings. The van der Waals surface area contributed by atoms with Crippen LogP contribution in [0.1, 0.15) is 19.4 Å². The third-order valence-corrected chi connectivity index (χ3v) is 2.72. The van der Waals surface area contributed by atoms with Crippen molar-refractivity contribution >= 4 is 27.5 Å². The second kappa shape index (κ2) is 4.99. The van der Waals surface area contributed by atoms with Gasteiger partial charge in [0.2, 0.25) is 0 Å². The molecule has 0 spiro atoms. The molecule has 13 heavy (non-hydrogen) atoms. The molecule has 0 bridgehead atoms. The quantitative estimate of drug-likeness (QED) is 0.878. The largest absolute Gasteiger partial charge is 0.310 e. The normalized spacial score (nSPS) is 10.8. The number of rotatable bonds is 3. The highest BCUT2D eigenvalue weighted by atomic mass is 79.9. The molecular formula is C10H13BrClN. The zero-order valence-corrected chi connectivity index (χ0v) is 10.1. The summed E-state index contributed by atoms with van der Waals surface area (Å²) in [7, 11) is 0. The van der Waals surface area contributed by atoms with Gasteiger partial charge >= 0.3 is 0 Å². The fourth-order valence-electron chi connectivity index (χ4n) is 0.993. The Bertz CT molecular complexity index is 286. The molecule has 1 aromatic carbocycles. The van der Waals surface area contributed by atoms with Crippen LogP contribution in [-0.2, 0) is 6.54 Å². The van der Waals surface area contributed by atoms with E-state index in [0.717, 1.165) is 16.0 Å². The first-order valence-corrected chi connectivity index (χ1v) is 5.44. The highest BCUT2D eigenvalue weighted by Crippen LogP contribution is 2.20. The Morgan fingerprint density at radius 1 is 1.46 bits per heavy atom. The van der Waals surface area contributed by atoms with Crippen molar-refractivity contribution in [2.24, 2.45) is 0 Å². The Kier molecular flexibility index (Phi) is 4.23. The Labute approximate surface area is 92.6 Å². The lowest BCUT2D eigenvalue weighted by atomic mass is 10.2. The van der Waals surface area contributed by atoms with Gasteiger partial charge in [-0.05, 0) is 23.8 Å². The molecule has 1 nitrogen and oxygen atoms in total. The summed E-state index contributed by atoms with van der Waals surface area (Å²) in [6.07, 6.45) is 0. The first-order valence-electron chi connectivity index (χ1n) is 4.27. The van der Waals surface area contributed by atoms with Crippen molar-refractivity contribution in [3.8, 4) is 0 Å². The van der Waals surface area contributed by atoms with Gasteiger partial charge < -0.3 is 5.32 Å². The predicted molar refractivity (Wildman–Crippen MR) is 61.1 cm³/mol. The Morgan fingerprint density at radius 2 is 2.15 bits per heavy atom. The van der Waals surface area contributed by atoms with Gasteiger partial charge in [-0.25, -0.2) is 0 Å². The van der Waals surface area contributed by atoms with E-state index in [-0.39, 0.29) is 0 Å². The molecule has 0 aromatic heterocycles. The number of hydrogen-bond acceptors (Lipinski definition) is 1. The van der Waals surface area contributed by atoms with Gasteiger partial charge in [-0.1, -0.05) is 41.4 Å². The second-order valence-corrected chi connectivity index (χ2v) is 4.56. The van der Waals surface area contributed by atoms with Crippen molar-refractivity contribution in [3.05, 3.63) is 33.3 Å². The fraction of sp³-hybridized carbons (Fsp3) is 0.400. The molecule has 3 heteroatoms. The van der Waals surface area contributed by atoms with Crippen LogP contribution in [0, 0.1) is 0 Å². The van der Waals surface area contributed by atoms with Crippen LogP contribution in [0.4, 0.5) is 0 Å². The van der Waals surface area contributed by atoms with Crippen LogP contribution in [0.5, 0.6) is 0 Å². The summed E-state index contributed by atoms with van der Waals surface area (Å²) in [5, 5.41) is 4.12. The van der Waals surface area contributed by atoms with Crippen LogP contribution < -0.4 is 5.32 Å². The van der Waals surface area contributed by atoms with Gasteiger partial charge in [-0.15, -0.1) is 0 Å². The van der Waals surface area contributed by atoms with E-state index in [4.69, 9.17) is 11.6 Å². The lowest BCUT2D eigenvalue weighted by Gasteiger charge is -2.09. The molecule has 1 N–H and O–H groups in total. The molecule has 0 atom stereocenters. The van der Waals surface area contributed by atoms with E-state index >= 15 is 0 Å². The van der Waals surface area contributed by atoms with Crippen LogP contribution in [0.25, 0.3) is 0 Å². The summed E-state index contributed by atoms with van der Waals surface area (Å²) in [6, 6.07) is 6.32. The van der Waals surface area contributed by atoms with Crippen molar-refractivity contribution in [1.29, 1.82) is 0 Å². The fourth-order valence-corrected chi connectivity index (χ4v) is 1.57. The predicted octanol–water partition coefficient (Wildman–Crippen LogP) is 3.60. The van der Waals surface area contributed by atoms with Crippen LogP contribution in [-0.4, -0.2) is 6.04 Å². The molecule has 0 amide bonds. The average Bonchev–Trinajstić information content (AvgIpc) is 2.06. The summed E-state index contributed by atoms with van der Waals surface area (Å²) in [5.74, 6) is 0. The van der Waals surface area contributed by atoms with Crippen LogP contribution in [0.15, 0.2) is 22.7 Å². The lowest BCUT2D eigenvalue weighted by molar-refractivity contribution is 0.588. The van der Waals surface area contributed by atoms with Gasteiger partial charge in [0.05, 0.1) is 0 Å². The van der Waals surface area contributed by atoms with Crippen molar-refractivity contribution in [3.63, 3.8) is 0 Å². The van der Waals surface area contributed by atoms with Crippen molar-refractivity contribution in [1.82, 2.24) is 5.32 Å². The second-order valence-electron chi connectivity index (χ2n) is 3.27. The summed E-state index contributed by atoms with van der Waals surface area (Å²) in [4.78, 5) is 0. The van der Waals surface area contributed by atoms with Crippen LogP contribution in [0.2, 0.25) is 5.02 Å². The van der Waals surface area contributed by atoms with Gasteiger partial charge in [-0.3, -0.25) is 0 Å². The highest BCUT2D eigenvalue weighted by molar-refractivity contribution is 9.10. The van der Waals surface area contributed by atoms with Gasteiger partial charge in [0.25, 0.3) is 0 Å².